The van der Waals surface area contributed by atoms with E-state index in [0.717, 1.165) is 32.4 Å². The van der Waals surface area contributed by atoms with Crippen molar-refractivity contribution in [2.75, 3.05) is 53.2 Å². The molecule has 1 unspecified atom stereocenters. The summed E-state index contributed by atoms with van der Waals surface area (Å²) in [5.74, 6) is 0.405. The van der Waals surface area contributed by atoms with Crippen LogP contribution in [-0.2, 0) is 18.9 Å². The number of hydrogen-bond donors (Lipinski definition) is 1. The number of amides is 1. The summed E-state index contributed by atoms with van der Waals surface area (Å²) in [4.78, 5) is 14.5. The van der Waals surface area contributed by atoms with Crippen molar-refractivity contribution in [3.63, 3.8) is 0 Å². The fourth-order valence-corrected chi connectivity index (χ4v) is 3.73. The Hall–Kier alpha value is -0.890. The molecule has 7 nitrogen and oxygen atoms in total. The molecular weight excluding hydrogens is 336 g/mol. The van der Waals surface area contributed by atoms with Crippen LogP contribution in [0.3, 0.4) is 0 Å². The fraction of sp³-hybridized carbons (Fsp3) is 0.947. The van der Waals surface area contributed by atoms with Crippen molar-refractivity contribution >= 4 is 6.09 Å². The molecule has 2 aliphatic rings. The molecule has 152 valence electrons. The predicted octanol–water partition coefficient (Wildman–Crippen LogP) is 2.04. The highest BCUT2D eigenvalue weighted by molar-refractivity contribution is 5.69. The molecule has 0 aliphatic carbocycles. The quantitative estimate of drug-likeness (QED) is 0.625. The van der Waals surface area contributed by atoms with Crippen LogP contribution in [0.25, 0.3) is 0 Å². The Morgan fingerprint density at radius 2 is 1.81 bits per heavy atom. The van der Waals surface area contributed by atoms with Crippen molar-refractivity contribution in [2.24, 2.45) is 5.92 Å². The third-order valence-corrected chi connectivity index (χ3v) is 4.88. The number of fused-ring (bicyclic) bond motifs is 1. The van der Waals surface area contributed by atoms with Crippen LogP contribution in [0.4, 0.5) is 4.79 Å². The van der Waals surface area contributed by atoms with Gasteiger partial charge in [-0.25, -0.2) is 4.79 Å². The summed E-state index contributed by atoms with van der Waals surface area (Å²) < 4.78 is 21.6. The lowest BCUT2D eigenvalue weighted by atomic mass is 9.91. The van der Waals surface area contributed by atoms with Gasteiger partial charge in [-0.05, 0) is 52.5 Å². The number of piperidine rings is 1. The normalized spacial score (nSPS) is 26.0. The van der Waals surface area contributed by atoms with Crippen molar-refractivity contribution in [3.8, 4) is 0 Å². The second kappa shape index (κ2) is 10.4. The monoisotopic (exact) mass is 372 g/mol. The van der Waals surface area contributed by atoms with Gasteiger partial charge in [0.25, 0.3) is 0 Å². The van der Waals surface area contributed by atoms with Gasteiger partial charge < -0.3 is 29.2 Å². The van der Waals surface area contributed by atoms with Crippen molar-refractivity contribution in [2.45, 2.75) is 57.7 Å². The lowest BCUT2D eigenvalue weighted by molar-refractivity contribution is 0.0184. The van der Waals surface area contributed by atoms with Crippen molar-refractivity contribution in [3.05, 3.63) is 0 Å². The number of carbonyl (C=O) groups excluding carboxylic acids is 1. The van der Waals surface area contributed by atoms with E-state index in [9.17, 15) is 4.79 Å². The number of carbonyl (C=O) groups is 1. The second-order valence-corrected chi connectivity index (χ2v) is 8.09. The van der Waals surface area contributed by atoms with Gasteiger partial charge in [-0.15, -0.1) is 0 Å². The Kier molecular flexibility index (Phi) is 8.60. The topological polar surface area (TPSA) is 69.3 Å². The third-order valence-electron chi connectivity index (χ3n) is 4.88. The third kappa shape index (κ3) is 6.68. The molecule has 2 saturated heterocycles. The van der Waals surface area contributed by atoms with Gasteiger partial charge in [-0.2, -0.15) is 0 Å². The molecule has 26 heavy (non-hydrogen) atoms. The van der Waals surface area contributed by atoms with E-state index in [0.29, 0.717) is 45.0 Å². The van der Waals surface area contributed by atoms with E-state index in [4.69, 9.17) is 18.9 Å². The van der Waals surface area contributed by atoms with Gasteiger partial charge in [0.05, 0.1) is 32.5 Å². The van der Waals surface area contributed by atoms with Crippen molar-refractivity contribution in [1.29, 1.82) is 0 Å². The van der Waals surface area contributed by atoms with E-state index in [2.05, 4.69) is 5.32 Å². The van der Waals surface area contributed by atoms with Crippen LogP contribution in [0.2, 0.25) is 0 Å². The number of ether oxygens (including phenoxy) is 4. The summed E-state index contributed by atoms with van der Waals surface area (Å²) in [6.45, 7) is 10.6. The molecule has 2 heterocycles. The lowest BCUT2D eigenvalue weighted by Gasteiger charge is -2.34. The van der Waals surface area contributed by atoms with E-state index >= 15 is 0 Å². The number of hydrogen-bond acceptors (Lipinski definition) is 6. The predicted molar refractivity (Wildman–Crippen MR) is 99.4 cm³/mol. The van der Waals surface area contributed by atoms with Gasteiger partial charge in [0.2, 0.25) is 0 Å². The molecule has 1 N–H and O–H groups in total. The molecule has 0 saturated carbocycles. The first-order chi connectivity index (χ1) is 12.4. The van der Waals surface area contributed by atoms with E-state index in [-0.39, 0.29) is 12.1 Å². The Labute approximate surface area is 157 Å². The zero-order chi connectivity index (χ0) is 19.0. The van der Waals surface area contributed by atoms with Gasteiger partial charge in [0.1, 0.15) is 5.60 Å². The summed E-state index contributed by atoms with van der Waals surface area (Å²) in [6, 6.07) is 0.582. The van der Waals surface area contributed by atoms with E-state index in [1.807, 2.05) is 25.7 Å². The number of methoxy groups -OCH3 is 1. The Bertz CT molecular complexity index is 427. The summed E-state index contributed by atoms with van der Waals surface area (Å²) >= 11 is 0. The number of rotatable bonds is 9. The van der Waals surface area contributed by atoms with Gasteiger partial charge in [0.15, 0.2) is 0 Å². The molecule has 0 aromatic carbocycles. The first-order valence-electron chi connectivity index (χ1n) is 9.80. The second-order valence-electron chi connectivity index (χ2n) is 8.09. The highest BCUT2D eigenvalue weighted by Crippen LogP contribution is 2.32. The van der Waals surface area contributed by atoms with E-state index < -0.39 is 5.60 Å². The van der Waals surface area contributed by atoms with Gasteiger partial charge in [-0.3, -0.25) is 0 Å². The van der Waals surface area contributed by atoms with E-state index in [1.165, 1.54) is 0 Å². The minimum Gasteiger partial charge on any atom is -0.444 e. The standard InChI is InChI=1S/C19H36N2O5/c1-19(2,3)26-18(22)21-14-15(17-16(21)6-5-8-20-17)7-9-24-12-13-25-11-10-23-4/h15-17,20H,5-14H2,1-4H3/t15?,16-,17-/m1/s1. The van der Waals surface area contributed by atoms with Gasteiger partial charge >= 0.3 is 6.09 Å². The minimum absolute atomic E-state index is 0.189. The minimum atomic E-state index is -0.460. The molecule has 1 amide bonds. The Balaban J connectivity index is 1.75. The van der Waals surface area contributed by atoms with Crippen LogP contribution in [-0.4, -0.2) is 81.9 Å². The molecule has 0 bridgehead atoms. The Morgan fingerprint density at radius 1 is 1.12 bits per heavy atom. The highest BCUT2D eigenvalue weighted by Gasteiger charge is 2.45. The fourth-order valence-electron chi connectivity index (χ4n) is 3.73. The smallest absolute Gasteiger partial charge is 0.410 e. The molecule has 2 rings (SSSR count). The number of nitrogens with one attached hydrogen (secondary N) is 1. The number of likely N-dealkylation sites (tertiary alicyclic amines) is 1. The molecule has 2 aliphatic heterocycles. The van der Waals surface area contributed by atoms with Crippen LogP contribution in [0, 0.1) is 5.92 Å². The van der Waals surface area contributed by atoms with Crippen LogP contribution in [0.15, 0.2) is 0 Å². The zero-order valence-corrected chi connectivity index (χ0v) is 16.8. The lowest BCUT2D eigenvalue weighted by Crippen LogP contribution is -2.50. The van der Waals surface area contributed by atoms with Crippen LogP contribution in [0.5, 0.6) is 0 Å². The summed E-state index contributed by atoms with van der Waals surface area (Å²) in [7, 11) is 1.66. The SMILES string of the molecule is COCCOCCOCCC1CN(C(=O)OC(C)(C)C)[C@@H]2CCCN[C@H]12. The number of nitrogens with zero attached hydrogens (tertiary/aromatic N) is 1. The van der Waals surface area contributed by atoms with Crippen LogP contribution < -0.4 is 5.32 Å². The highest BCUT2D eigenvalue weighted by atomic mass is 16.6. The molecule has 0 aromatic heterocycles. The maximum absolute atomic E-state index is 12.6. The average Bonchev–Trinajstić information content (AvgIpc) is 2.95. The summed E-state index contributed by atoms with van der Waals surface area (Å²) in [5, 5.41) is 3.61. The van der Waals surface area contributed by atoms with Crippen LogP contribution >= 0.6 is 0 Å². The summed E-state index contributed by atoms with van der Waals surface area (Å²) in [6.07, 6.45) is 2.89. The zero-order valence-electron chi connectivity index (χ0n) is 16.8. The maximum Gasteiger partial charge on any atom is 0.410 e. The van der Waals surface area contributed by atoms with E-state index in [1.54, 1.807) is 7.11 Å². The molecule has 0 aromatic rings. The van der Waals surface area contributed by atoms with Gasteiger partial charge in [0, 0.05) is 26.3 Å². The molecule has 2 fully saturated rings. The van der Waals surface area contributed by atoms with Gasteiger partial charge in [-0.1, -0.05) is 0 Å². The van der Waals surface area contributed by atoms with Crippen molar-refractivity contribution < 1.29 is 23.7 Å². The summed E-state index contributed by atoms with van der Waals surface area (Å²) in [5.41, 5.74) is -0.460. The maximum atomic E-state index is 12.6. The molecular formula is C19H36N2O5. The average molecular weight is 373 g/mol. The molecule has 0 spiro atoms. The first kappa shape index (κ1) is 21.4. The Morgan fingerprint density at radius 3 is 2.50 bits per heavy atom. The largest absolute Gasteiger partial charge is 0.444 e. The first-order valence-corrected chi connectivity index (χ1v) is 9.80. The van der Waals surface area contributed by atoms with Crippen LogP contribution in [0.1, 0.15) is 40.0 Å². The molecule has 0 radical (unpaired) electrons. The molecule has 3 atom stereocenters. The molecule has 7 heteroatoms. The van der Waals surface area contributed by atoms with Crippen molar-refractivity contribution in [1.82, 2.24) is 10.2 Å².